The number of carbonyl (C=O) groups is 1. The molecule has 0 aliphatic heterocycles. The zero-order valence-electron chi connectivity index (χ0n) is 9.61. The van der Waals surface area contributed by atoms with E-state index >= 15 is 0 Å². The van der Waals surface area contributed by atoms with Crippen LogP contribution in [0.5, 0.6) is 0 Å². The SMILES string of the molecule is CN[C@@](C)(CCCC(C)C)C(C)=O. The molecular formula is C11H23NO. The fraction of sp³-hybridized carbons (Fsp3) is 0.909. The summed E-state index contributed by atoms with van der Waals surface area (Å²) < 4.78 is 0. The van der Waals surface area contributed by atoms with Gasteiger partial charge < -0.3 is 5.32 Å². The molecule has 0 spiro atoms. The molecule has 0 amide bonds. The van der Waals surface area contributed by atoms with Crippen LogP contribution in [0.4, 0.5) is 0 Å². The molecule has 0 aliphatic carbocycles. The average Bonchev–Trinajstić information content (AvgIpc) is 2.03. The fourth-order valence-corrected chi connectivity index (χ4v) is 1.34. The second-order valence-corrected chi connectivity index (χ2v) is 4.42. The second kappa shape index (κ2) is 5.38. The van der Waals surface area contributed by atoms with Crippen molar-refractivity contribution >= 4 is 5.78 Å². The topological polar surface area (TPSA) is 29.1 Å². The van der Waals surface area contributed by atoms with Gasteiger partial charge >= 0.3 is 0 Å². The van der Waals surface area contributed by atoms with Gasteiger partial charge in [-0.3, -0.25) is 4.79 Å². The Morgan fingerprint density at radius 2 is 2.00 bits per heavy atom. The minimum absolute atomic E-state index is 0.235. The van der Waals surface area contributed by atoms with E-state index in [1.807, 2.05) is 14.0 Å². The summed E-state index contributed by atoms with van der Waals surface area (Å²) >= 11 is 0. The third kappa shape index (κ3) is 4.41. The highest BCUT2D eigenvalue weighted by atomic mass is 16.1. The van der Waals surface area contributed by atoms with E-state index < -0.39 is 0 Å². The Hall–Kier alpha value is -0.370. The summed E-state index contributed by atoms with van der Waals surface area (Å²) in [7, 11) is 1.86. The molecule has 13 heavy (non-hydrogen) atoms. The Balaban J connectivity index is 3.92. The molecule has 2 heteroatoms. The van der Waals surface area contributed by atoms with Gasteiger partial charge in [-0.25, -0.2) is 0 Å². The molecular weight excluding hydrogens is 162 g/mol. The Bertz CT molecular complexity index is 165. The van der Waals surface area contributed by atoms with E-state index in [0.29, 0.717) is 0 Å². The zero-order chi connectivity index (χ0) is 10.5. The maximum atomic E-state index is 11.3. The van der Waals surface area contributed by atoms with Crippen LogP contribution in [0.1, 0.15) is 47.0 Å². The van der Waals surface area contributed by atoms with E-state index in [2.05, 4.69) is 19.2 Å². The average molecular weight is 185 g/mol. The lowest BCUT2D eigenvalue weighted by Crippen LogP contribution is -2.46. The summed E-state index contributed by atoms with van der Waals surface area (Å²) in [6.07, 6.45) is 3.26. The van der Waals surface area contributed by atoms with Crippen molar-refractivity contribution in [2.45, 2.75) is 52.5 Å². The number of hydrogen-bond donors (Lipinski definition) is 1. The van der Waals surface area contributed by atoms with Crippen LogP contribution < -0.4 is 5.32 Å². The molecule has 0 fully saturated rings. The van der Waals surface area contributed by atoms with Crippen molar-refractivity contribution in [1.29, 1.82) is 0 Å². The molecule has 0 aromatic carbocycles. The Morgan fingerprint density at radius 1 is 1.46 bits per heavy atom. The third-order valence-electron chi connectivity index (χ3n) is 2.79. The van der Waals surface area contributed by atoms with E-state index in [1.54, 1.807) is 6.92 Å². The molecule has 0 radical (unpaired) electrons. The van der Waals surface area contributed by atoms with Crippen molar-refractivity contribution in [3.8, 4) is 0 Å². The lowest BCUT2D eigenvalue weighted by molar-refractivity contribution is -0.122. The van der Waals surface area contributed by atoms with Crippen LogP contribution in [0.2, 0.25) is 0 Å². The quantitative estimate of drug-likeness (QED) is 0.688. The maximum absolute atomic E-state index is 11.3. The van der Waals surface area contributed by atoms with Gasteiger partial charge in [0.1, 0.15) is 5.78 Å². The number of hydrogen-bond acceptors (Lipinski definition) is 2. The Labute approximate surface area is 82.1 Å². The van der Waals surface area contributed by atoms with Crippen LogP contribution in [0.15, 0.2) is 0 Å². The molecule has 78 valence electrons. The summed E-state index contributed by atoms with van der Waals surface area (Å²) in [5, 5.41) is 3.10. The van der Waals surface area contributed by atoms with Gasteiger partial charge in [0.15, 0.2) is 0 Å². The molecule has 1 atom stereocenters. The largest absolute Gasteiger partial charge is 0.308 e. The lowest BCUT2D eigenvalue weighted by Gasteiger charge is -2.26. The summed E-state index contributed by atoms with van der Waals surface area (Å²) in [6.45, 7) is 8.07. The molecule has 0 rings (SSSR count). The van der Waals surface area contributed by atoms with Crippen molar-refractivity contribution in [3.05, 3.63) is 0 Å². The molecule has 0 bridgehead atoms. The van der Waals surface area contributed by atoms with E-state index in [1.165, 1.54) is 6.42 Å². The summed E-state index contributed by atoms with van der Waals surface area (Å²) in [6, 6.07) is 0. The fourth-order valence-electron chi connectivity index (χ4n) is 1.34. The Morgan fingerprint density at radius 3 is 2.31 bits per heavy atom. The first-order chi connectivity index (χ1) is 5.92. The van der Waals surface area contributed by atoms with Gasteiger partial charge in [-0.2, -0.15) is 0 Å². The van der Waals surface area contributed by atoms with Gasteiger partial charge in [-0.1, -0.05) is 26.7 Å². The molecule has 1 N–H and O–H groups in total. The van der Waals surface area contributed by atoms with Crippen molar-refractivity contribution in [3.63, 3.8) is 0 Å². The van der Waals surface area contributed by atoms with E-state index in [9.17, 15) is 4.79 Å². The highest BCUT2D eigenvalue weighted by Crippen LogP contribution is 2.16. The van der Waals surface area contributed by atoms with Gasteiger partial charge in [0, 0.05) is 0 Å². The first-order valence-corrected chi connectivity index (χ1v) is 5.12. The van der Waals surface area contributed by atoms with Crippen molar-refractivity contribution in [1.82, 2.24) is 5.32 Å². The number of carbonyl (C=O) groups excluding carboxylic acids is 1. The van der Waals surface area contributed by atoms with Crippen molar-refractivity contribution < 1.29 is 4.79 Å². The highest BCUT2D eigenvalue weighted by Gasteiger charge is 2.26. The van der Waals surface area contributed by atoms with Crippen LogP contribution in [0.25, 0.3) is 0 Å². The molecule has 0 aliphatic rings. The Kier molecular flexibility index (Phi) is 5.23. The maximum Gasteiger partial charge on any atom is 0.149 e. The van der Waals surface area contributed by atoms with Crippen LogP contribution >= 0.6 is 0 Å². The minimum atomic E-state index is -0.311. The van der Waals surface area contributed by atoms with Crippen LogP contribution in [-0.4, -0.2) is 18.4 Å². The van der Waals surface area contributed by atoms with Gasteiger partial charge in [0.25, 0.3) is 0 Å². The molecule has 0 unspecified atom stereocenters. The lowest BCUT2D eigenvalue weighted by atomic mass is 9.89. The number of likely N-dealkylation sites (N-methyl/N-ethyl adjacent to an activating group) is 1. The third-order valence-corrected chi connectivity index (χ3v) is 2.79. The second-order valence-electron chi connectivity index (χ2n) is 4.42. The van der Waals surface area contributed by atoms with E-state index in [0.717, 1.165) is 18.8 Å². The van der Waals surface area contributed by atoms with Crippen LogP contribution in [0.3, 0.4) is 0 Å². The number of ketones is 1. The number of Topliss-reactive ketones (excluding diaryl/α,β-unsaturated/α-hetero) is 1. The monoisotopic (exact) mass is 185 g/mol. The molecule has 0 heterocycles. The van der Waals surface area contributed by atoms with Gasteiger partial charge in [0.2, 0.25) is 0 Å². The van der Waals surface area contributed by atoms with Gasteiger partial charge in [-0.05, 0) is 33.2 Å². The molecule has 0 saturated heterocycles. The van der Waals surface area contributed by atoms with Crippen LogP contribution in [0, 0.1) is 5.92 Å². The van der Waals surface area contributed by atoms with Crippen molar-refractivity contribution in [2.75, 3.05) is 7.05 Å². The first kappa shape index (κ1) is 12.6. The first-order valence-electron chi connectivity index (χ1n) is 5.12. The van der Waals surface area contributed by atoms with Gasteiger partial charge in [0.05, 0.1) is 5.54 Å². The number of nitrogens with one attached hydrogen (secondary N) is 1. The molecule has 0 aromatic rings. The summed E-state index contributed by atoms with van der Waals surface area (Å²) in [5.41, 5.74) is -0.311. The predicted octanol–water partition coefficient (Wildman–Crippen LogP) is 2.38. The number of rotatable bonds is 6. The van der Waals surface area contributed by atoms with Crippen molar-refractivity contribution in [2.24, 2.45) is 5.92 Å². The molecule has 0 aromatic heterocycles. The zero-order valence-corrected chi connectivity index (χ0v) is 9.61. The summed E-state index contributed by atoms with van der Waals surface area (Å²) in [4.78, 5) is 11.3. The smallest absolute Gasteiger partial charge is 0.149 e. The van der Waals surface area contributed by atoms with E-state index in [4.69, 9.17) is 0 Å². The highest BCUT2D eigenvalue weighted by molar-refractivity contribution is 5.85. The minimum Gasteiger partial charge on any atom is -0.308 e. The normalized spacial score (nSPS) is 15.8. The standard InChI is InChI=1S/C11H23NO/c1-9(2)7-6-8-11(4,12-5)10(3)13/h9,12H,6-8H2,1-5H3/t11-/m0/s1. The van der Waals surface area contributed by atoms with E-state index in [-0.39, 0.29) is 11.3 Å². The predicted molar refractivity (Wildman–Crippen MR) is 56.8 cm³/mol. The van der Waals surface area contributed by atoms with Gasteiger partial charge in [-0.15, -0.1) is 0 Å². The van der Waals surface area contributed by atoms with Crippen LogP contribution in [-0.2, 0) is 4.79 Å². The molecule has 2 nitrogen and oxygen atoms in total. The summed E-state index contributed by atoms with van der Waals surface area (Å²) in [5.74, 6) is 0.965. The molecule has 0 saturated carbocycles.